The minimum Gasteiger partial charge on any atom is -0.295 e. The van der Waals surface area contributed by atoms with Gasteiger partial charge >= 0.3 is 0 Å². The number of para-hydroxylation sites is 1. The Labute approximate surface area is 118 Å². The largest absolute Gasteiger partial charge is 0.299 e. The molecule has 0 saturated carbocycles. The first-order valence-corrected chi connectivity index (χ1v) is 6.69. The molecular weight excluding hydrogens is 276 g/mol. The Bertz CT molecular complexity index is 735. The molecule has 100 valence electrons. The van der Waals surface area contributed by atoms with Gasteiger partial charge in [0.25, 0.3) is 11.7 Å². The van der Waals surface area contributed by atoms with Gasteiger partial charge in [-0.3, -0.25) is 10.1 Å². The number of aryl methyl sites for hydroxylation is 1. The van der Waals surface area contributed by atoms with E-state index in [2.05, 4.69) is 25.7 Å². The Morgan fingerprint density at radius 2 is 2.10 bits per heavy atom. The second kappa shape index (κ2) is 5.17. The zero-order chi connectivity index (χ0) is 13.9. The van der Waals surface area contributed by atoms with Crippen LogP contribution in [0.2, 0.25) is 0 Å². The number of nitrogens with one attached hydrogen (secondary N) is 1. The lowest BCUT2D eigenvalue weighted by molar-refractivity contribution is 0.101. The van der Waals surface area contributed by atoms with Crippen LogP contribution in [0.15, 0.2) is 35.7 Å². The van der Waals surface area contributed by atoms with Gasteiger partial charge < -0.3 is 0 Å². The molecule has 0 radical (unpaired) electrons. The van der Waals surface area contributed by atoms with Crippen LogP contribution in [0, 0.1) is 6.92 Å². The van der Waals surface area contributed by atoms with Gasteiger partial charge in [0.1, 0.15) is 0 Å². The van der Waals surface area contributed by atoms with E-state index in [1.807, 2.05) is 42.6 Å². The molecule has 1 N–H and O–H groups in total. The van der Waals surface area contributed by atoms with Crippen LogP contribution in [0.25, 0.3) is 5.69 Å². The smallest absolute Gasteiger partial charge is 0.295 e. The molecule has 0 unspecified atom stereocenters. The number of hydrogen-bond acceptors (Lipinski definition) is 6. The third-order valence-corrected chi connectivity index (χ3v) is 3.32. The molecule has 0 bridgehead atoms. The highest BCUT2D eigenvalue weighted by Gasteiger charge is 2.15. The summed E-state index contributed by atoms with van der Waals surface area (Å²) in [6.07, 6.45) is 0. The molecule has 20 heavy (non-hydrogen) atoms. The Hall–Kier alpha value is -2.61. The molecule has 8 heteroatoms. The predicted octanol–water partition coefficient (Wildman–Crippen LogP) is 1.68. The molecule has 2 aromatic heterocycles. The van der Waals surface area contributed by atoms with Crippen molar-refractivity contribution in [3.63, 3.8) is 0 Å². The van der Waals surface area contributed by atoms with Crippen molar-refractivity contribution in [2.24, 2.45) is 0 Å². The second-order valence-electron chi connectivity index (χ2n) is 3.99. The third-order valence-electron chi connectivity index (χ3n) is 2.44. The molecule has 0 aliphatic carbocycles. The van der Waals surface area contributed by atoms with E-state index in [4.69, 9.17) is 0 Å². The molecule has 0 atom stereocenters. The first-order valence-electron chi connectivity index (χ1n) is 5.81. The van der Waals surface area contributed by atoms with Crippen molar-refractivity contribution in [2.45, 2.75) is 6.92 Å². The molecule has 0 aliphatic rings. The molecule has 2 heterocycles. The molecule has 7 nitrogen and oxygen atoms in total. The fraction of sp³-hybridized carbons (Fsp3) is 0.0833. The number of anilines is 1. The van der Waals surface area contributed by atoms with Crippen LogP contribution in [0.1, 0.15) is 16.3 Å². The van der Waals surface area contributed by atoms with Crippen LogP contribution in [0.4, 0.5) is 5.13 Å². The molecule has 1 amide bonds. The number of carbonyl (C=O) groups is 1. The van der Waals surface area contributed by atoms with Gasteiger partial charge in [-0.1, -0.05) is 18.2 Å². The molecule has 0 saturated heterocycles. The van der Waals surface area contributed by atoms with Crippen LogP contribution >= 0.6 is 11.3 Å². The van der Waals surface area contributed by atoms with Crippen LogP contribution < -0.4 is 5.32 Å². The molecule has 0 fully saturated rings. The summed E-state index contributed by atoms with van der Waals surface area (Å²) < 4.78 is 0. The SMILES string of the molecule is Cc1csc(NC(=O)c2nnn(-c3ccccc3)n2)n1. The minimum absolute atomic E-state index is 0.00158. The van der Waals surface area contributed by atoms with Crippen LogP contribution in [0.5, 0.6) is 0 Å². The van der Waals surface area contributed by atoms with E-state index in [-0.39, 0.29) is 5.82 Å². The van der Waals surface area contributed by atoms with Gasteiger partial charge in [0.15, 0.2) is 5.13 Å². The summed E-state index contributed by atoms with van der Waals surface area (Å²) in [5, 5.41) is 16.6. The number of tetrazole rings is 1. The first kappa shape index (κ1) is 12.4. The van der Waals surface area contributed by atoms with Gasteiger partial charge in [-0.2, -0.15) is 0 Å². The summed E-state index contributed by atoms with van der Waals surface area (Å²) in [6, 6.07) is 9.26. The number of amides is 1. The standard InChI is InChI=1S/C12H10N6OS/c1-8-7-20-12(13-8)14-11(19)10-15-17-18(16-10)9-5-3-2-4-6-9/h2-7H,1H3,(H,13,14,19). The van der Waals surface area contributed by atoms with Crippen molar-refractivity contribution in [1.29, 1.82) is 0 Å². The van der Waals surface area contributed by atoms with E-state index in [1.54, 1.807) is 0 Å². The summed E-state index contributed by atoms with van der Waals surface area (Å²) in [7, 11) is 0. The summed E-state index contributed by atoms with van der Waals surface area (Å²) in [5.41, 5.74) is 1.59. The summed E-state index contributed by atoms with van der Waals surface area (Å²) >= 11 is 1.35. The molecule has 3 rings (SSSR count). The Kier molecular flexibility index (Phi) is 3.21. The van der Waals surface area contributed by atoms with Crippen LogP contribution in [-0.2, 0) is 0 Å². The number of nitrogens with zero attached hydrogens (tertiary/aromatic N) is 5. The van der Waals surface area contributed by atoms with Crippen molar-refractivity contribution in [2.75, 3.05) is 5.32 Å². The predicted molar refractivity (Wildman–Crippen MR) is 74.0 cm³/mol. The normalized spacial score (nSPS) is 10.4. The molecule has 0 aliphatic heterocycles. The summed E-state index contributed by atoms with van der Waals surface area (Å²) in [5.74, 6) is -0.428. The highest BCUT2D eigenvalue weighted by molar-refractivity contribution is 7.13. The fourth-order valence-electron chi connectivity index (χ4n) is 1.54. The van der Waals surface area contributed by atoms with Gasteiger partial charge in [0.05, 0.1) is 11.4 Å². The van der Waals surface area contributed by atoms with Crippen molar-refractivity contribution in [3.05, 3.63) is 47.2 Å². The van der Waals surface area contributed by atoms with Crippen molar-refractivity contribution >= 4 is 22.4 Å². The Morgan fingerprint density at radius 1 is 1.30 bits per heavy atom. The van der Waals surface area contributed by atoms with Gasteiger partial charge in [-0.25, -0.2) is 4.98 Å². The number of aromatic nitrogens is 5. The van der Waals surface area contributed by atoms with Gasteiger partial charge in [-0.05, 0) is 24.3 Å². The lowest BCUT2D eigenvalue weighted by atomic mass is 10.3. The third kappa shape index (κ3) is 2.54. The lowest BCUT2D eigenvalue weighted by Gasteiger charge is -1.96. The Morgan fingerprint density at radius 3 is 2.80 bits per heavy atom. The average Bonchev–Trinajstić information content (AvgIpc) is 3.09. The Balaban J connectivity index is 1.78. The number of thiazole rings is 1. The van der Waals surface area contributed by atoms with Crippen molar-refractivity contribution in [3.8, 4) is 5.69 Å². The van der Waals surface area contributed by atoms with E-state index in [0.717, 1.165) is 11.4 Å². The summed E-state index contributed by atoms with van der Waals surface area (Å²) in [4.78, 5) is 17.4. The van der Waals surface area contributed by atoms with E-state index in [0.29, 0.717) is 5.13 Å². The van der Waals surface area contributed by atoms with E-state index >= 15 is 0 Å². The first-order chi connectivity index (χ1) is 9.72. The second-order valence-corrected chi connectivity index (χ2v) is 4.84. The molecule has 3 aromatic rings. The quantitative estimate of drug-likeness (QED) is 0.791. The minimum atomic E-state index is -0.429. The zero-order valence-corrected chi connectivity index (χ0v) is 11.3. The lowest BCUT2D eigenvalue weighted by Crippen LogP contribution is -2.14. The topological polar surface area (TPSA) is 85.6 Å². The van der Waals surface area contributed by atoms with Gasteiger partial charge in [0.2, 0.25) is 0 Å². The zero-order valence-electron chi connectivity index (χ0n) is 10.5. The maximum absolute atomic E-state index is 11.9. The monoisotopic (exact) mass is 286 g/mol. The fourth-order valence-corrected chi connectivity index (χ4v) is 2.22. The van der Waals surface area contributed by atoms with E-state index < -0.39 is 5.91 Å². The van der Waals surface area contributed by atoms with Gasteiger partial charge in [-0.15, -0.1) is 26.3 Å². The molecule has 0 spiro atoms. The maximum Gasteiger partial charge on any atom is 0.299 e. The van der Waals surface area contributed by atoms with E-state index in [9.17, 15) is 4.79 Å². The molecular formula is C12H10N6OS. The number of rotatable bonds is 3. The maximum atomic E-state index is 11.9. The van der Waals surface area contributed by atoms with Crippen LogP contribution in [0.3, 0.4) is 0 Å². The van der Waals surface area contributed by atoms with Crippen molar-refractivity contribution in [1.82, 2.24) is 25.2 Å². The van der Waals surface area contributed by atoms with Gasteiger partial charge in [0, 0.05) is 5.38 Å². The number of benzene rings is 1. The average molecular weight is 286 g/mol. The molecule has 1 aromatic carbocycles. The van der Waals surface area contributed by atoms with Crippen molar-refractivity contribution < 1.29 is 4.79 Å². The van der Waals surface area contributed by atoms with Crippen LogP contribution in [-0.4, -0.2) is 31.1 Å². The number of hydrogen-bond donors (Lipinski definition) is 1. The number of carbonyl (C=O) groups excluding carboxylic acids is 1. The van der Waals surface area contributed by atoms with E-state index in [1.165, 1.54) is 16.1 Å². The highest BCUT2D eigenvalue weighted by atomic mass is 32.1. The highest BCUT2D eigenvalue weighted by Crippen LogP contribution is 2.14. The summed E-state index contributed by atoms with van der Waals surface area (Å²) in [6.45, 7) is 1.86.